The molecule has 1 amide bonds. The Balaban J connectivity index is 1.63. The molecule has 0 unspecified atom stereocenters. The Bertz CT molecular complexity index is 913. The maximum absolute atomic E-state index is 12.8. The molecule has 0 atom stereocenters. The number of piperidine rings is 1. The number of fused-ring (bicyclic) bond motifs is 1. The summed E-state index contributed by atoms with van der Waals surface area (Å²) in [5, 5.41) is 0. The Morgan fingerprint density at radius 1 is 1.25 bits per heavy atom. The second kappa shape index (κ2) is 5.50. The number of likely N-dealkylation sites (tertiary alicyclic amines) is 1. The molecule has 0 bridgehead atoms. The van der Waals surface area contributed by atoms with Crippen LogP contribution in [0, 0.1) is 0 Å². The van der Waals surface area contributed by atoms with E-state index in [1.54, 1.807) is 4.90 Å². The summed E-state index contributed by atoms with van der Waals surface area (Å²) in [7, 11) is 1.37. The number of ether oxygens (including phenoxy) is 2. The first-order chi connectivity index (χ1) is 11.5. The molecule has 1 spiro atoms. The average molecular weight is 352 g/mol. The highest BCUT2D eigenvalue weighted by Gasteiger charge is 2.41. The van der Waals surface area contributed by atoms with Crippen molar-refractivity contribution in [3.05, 3.63) is 25.7 Å². The minimum absolute atomic E-state index is 0.112. The molecule has 4 heterocycles. The Morgan fingerprint density at radius 2 is 1.92 bits per heavy atom. The Hall–Kier alpha value is -2.04. The van der Waals surface area contributed by atoms with E-state index in [9.17, 15) is 14.4 Å². The van der Waals surface area contributed by atoms with Gasteiger partial charge in [0, 0.05) is 33.0 Å². The van der Waals surface area contributed by atoms with Crippen LogP contribution in [0.4, 0.5) is 0 Å². The first-order valence-corrected chi connectivity index (χ1v) is 8.44. The molecule has 2 aromatic heterocycles. The van der Waals surface area contributed by atoms with E-state index in [4.69, 9.17) is 9.47 Å². The van der Waals surface area contributed by atoms with Gasteiger partial charge in [0.05, 0.1) is 18.7 Å². The van der Waals surface area contributed by atoms with Crippen molar-refractivity contribution in [3.8, 4) is 0 Å². The van der Waals surface area contributed by atoms with Crippen LogP contribution in [0.2, 0.25) is 0 Å². The second-order valence-electron chi connectivity index (χ2n) is 5.93. The summed E-state index contributed by atoms with van der Waals surface area (Å²) in [5.74, 6) is -0.796. The van der Waals surface area contributed by atoms with E-state index in [2.05, 4.69) is 9.36 Å². The zero-order chi connectivity index (χ0) is 16.9. The van der Waals surface area contributed by atoms with E-state index in [0.29, 0.717) is 39.1 Å². The zero-order valence-electron chi connectivity index (χ0n) is 13.0. The second-order valence-corrected chi connectivity index (χ2v) is 6.70. The third-order valence-corrected chi connectivity index (χ3v) is 5.39. The van der Waals surface area contributed by atoms with Gasteiger partial charge in [-0.15, -0.1) is 0 Å². The molecule has 128 valence electrons. The standard InChI is InChI=1S/C14H16N4O5S/c1-17-11(19)9-8(15-13(17)21)10(24-16-9)12(20)18-4-2-14(3-5-18)22-6-7-23-14/h2-7H2,1H3,(H,15,21). The first kappa shape index (κ1) is 15.5. The van der Waals surface area contributed by atoms with E-state index in [1.807, 2.05) is 0 Å². The number of nitrogens with zero attached hydrogens (tertiary/aromatic N) is 3. The van der Waals surface area contributed by atoms with Gasteiger partial charge in [-0.2, -0.15) is 4.37 Å². The van der Waals surface area contributed by atoms with Gasteiger partial charge >= 0.3 is 5.69 Å². The van der Waals surface area contributed by atoms with Crippen molar-refractivity contribution in [2.45, 2.75) is 18.6 Å². The third-order valence-electron chi connectivity index (χ3n) is 4.56. The first-order valence-electron chi connectivity index (χ1n) is 7.67. The molecule has 2 aromatic rings. The lowest BCUT2D eigenvalue weighted by atomic mass is 10.0. The van der Waals surface area contributed by atoms with Gasteiger partial charge in [0.25, 0.3) is 11.5 Å². The van der Waals surface area contributed by atoms with Crippen molar-refractivity contribution >= 4 is 28.5 Å². The fraction of sp³-hybridized carbons (Fsp3) is 0.571. The molecule has 10 heteroatoms. The summed E-state index contributed by atoms with van der Waals surface area (Å²) in [6.45, 7) is 2.15. The van der Waals surface area contributed by atoms with Gasteiger partial charge < -0.3 is 19.4 Å². The van der Waals surface area contributed by atoms with Crippen molar-refractivity contribution in [3.63, 3.8) is 0 Å². The molecular weight excluding hydrogens is 336 g/mol. The molecule has 2 fully saturated rings. The number of carbonyl (C=O) groups is 1. The molecule has 2 aliphatic rings. The van der Waals surface area contributed by atoms with E-state index in [-0.39, 0.29) is 21.8 Å². The molecule has 2 aliphatic heterocycles. The Kier molecular flexibility index (Phi) is 3.55. The van der Waals surface area contributed by atoms with Crippen molar-refractivity contribution < 1.29 is 14.3 Å². The maximum Gasteiger partial charge on any atom is 0.328 e. The van der Waals surface area contributed by atoms with Crippen LogP contribution < -0.4 is 11.2 Å². The predicted molar refractivity (Wildman–Crippen MR) is 85.3 cm³/mol. The Morgan fingerprint density at radius 3 is 2.58 bits per heavy atom. The lowest BCUT2D eigenvalue weighted by molar-refractivity contribution is -0.181. The number of H-pyrrole nitrogens is 1. The molecule has 4 rings (SSSR count). The van der Waals surface area contributed by atoms with Crippen molar-refractivity contribution in [2.75, 3.05) is 26.3 Å². The monoisotopic (exact) mass is 352 g/mol. The van der Waals surface area contributed by atoms with Crippen LogP contribution in [0.5, 0.6) is 0 Å². The zero-order valence-corrected chi connectivity index (χ0v) is 13.9. The summed E-state index contributed by atoms with van der Waals surface area (Å²) < 4.78 is 16.3. The molecule has 24 heavy (non-hydrogen) atoms. The summed E-state index contributed by atoms with van der Waals surface area (Å²) in [5.41, 5.74) is -0.741. The number of rotatable bonds is 1. The van der Waals surface area contributed by atoms with Gasteiger partial charge in [-0.25, -0.2) is 4.79 Å². The molecule has 0 saturated carbocycles. The molecular formula is C14H16N4O5S. The maximum atomic E-state index is 12.8. The lowest BCUT2D eigenvalue weighted by Gasteiger charge is -2.37. The van der Waals surface area contributed by atoms with E-state index >= 15 is 0 Å². The molecule has 1 N–H and O–H groups in total. The smallest absolute Gasteiger partial charge is 0.328 e. The van der Waals surface area contributed by atoms with Crippen molar-refractivity contribution in [1.82, 2.24) is 18.8 Å². The van der Waals surface area contributed by atoms with Gasteiger partial charge in [0.1, 0.15) is 4.88 Å². The van der Waals surface area contributed by atoms with Crippen LogP contribution in [0.15, 0.2) is 9.59 Å². The Labute approximate surface area is 140 Å². The minimum Gasteiger partial charge on any atom is -0.347 e. The van der Waals surface area contributed by atoms with Gasteiger partial charge in [-0.3, -0.25) is 14.2 Å². The predicted octanol–water partition coefficient (Wildman–Crippen LogP) is -0.338. The van der Waals surface area contributed by atoms with Crippen molar-refractivity contribution in [2.24, 2.45) is 7.05 Å². The van der Waals surface area contributed by atoms with Crippen LogP contribution in [0.25, 0.3) is 11.0 Å². The highest BCUT2D eigenvalue weighted by molar-refractivity contribution is 7.09. The highest BCUT2D eigenvalue weighted by atomic mass is 32.1. The summed E-state index contributed by atoms with van der Waals surface area (Å²) in [4.78, 5) is 41.2. The summed E-state index contributed by atoms with van der Waals surface area (Å²) in [6.07, 6.45) is 1.21. The minimum atomic E-state index is -0.563. The van der Waals surface area contributed by atoms with Gasteiger partial charge in [-0.1, -0.05) is 0 Å². The molecule has 0 radical (unpaired) electrons. The largest absolute Gasteiger partial charge is 0.347 e. The SMILES string of the molecule is Cn1c(=O)[nH]c2c(C(=O)N3CCC4(CC3)OCCO4)snc2c1=O. The van der Waals surface area contributed by atoms with Gasteiger partial charge in [0.2, 0.25) is 0 Å². The number of carbonyl (C=O) groups excluding carboxylic acids is 1. The lowest BCUT2D eigenvalue weighted by Crippen LogP contribution is -2.47. The number of hydrogen-bond donors (Lipinski definition) is 1. The van der Waals surface area contributed by atoms with Crippen LogP contribution in [-0.4, -0.2) is 56.8 Å². The van der Waals surface area contributed by atoms with Crippen molar-refractivity contribution in [1.29, 1.82) is 0 Å². The van der Waals surface area contributed by atoms with Crippen LogP contribution in [-0.2, 0) is 16.5 Å². The van der Waals surface area contributed by atoms with Gasteiger partial charge in [-0.05, 0) is 11.5 Å². The van der Waals surface area contributed by atoms with E-state index < -0.39 is 17.0 Å². The number of nitrogens with one attached hydrogen (secondary N) is 1. The number of aromatic nitrogens is 3. The van der Waals surface area contributed by atoms with Crippen LogP contribution >= 0.6 is 11.5 Å². The number of hydrogen-bond acceptors (Lipinski definition) is 7. The average Bonchev–Trinajstić information content (AvgIpc) is 3.20. The molecule has 0 aromatic carbocycles. The fourth-order valence-electron chi connectivity index (χ4n) is 3.12. The number of amides is 1. The molecule has 2 saturated heterocycles. The number of aromatic amines is 1. The quantitative estimate of drug-likeness (QED) is 0.753. The summed E-state index contributed by atoms with van der Waals surface area (Å²) in [6, 6.07) is 0. The summed E-state index contributed by atoms with van der Waals surface area (Å²) >= 11 is 0.933. The van der Waals surface area contributed by atoms with Crippen LogP contribution in [0.3, 0.4) is 0 Å². The normalized spacial score (nSPS) is 20.1. The highest BCUT2D eigenvalue weighted by Crippen LogP contribution is 2.32. The molecule has 0 aliphatic carbocycles. The topological polar surface area (TPSA) is 107 Å². The fourth-order valence-corrected chi connectivity index (χ4v) is 3.92. The van der Waals surface area contributed by atoms with Crippen LogP contribution in [0.1, 0.15) is 22.5 Å². The molecule has 9 nitrogen and oxygen atoms in total. The van der Waals surface area contributed by atoms with E-state index in [0.717, 1.165) is 16.1 Å². The third kappa shape index (κ3) is 2.29. The van der Waals surface area contributed by atoms with Gasteiger partial charge in [0.15, 0.2) is 11.3 Å². The van der Waals surface area contributed by atoms with E-state index in [1.165, 1.54) is 7.05 Å².